The number of amides is 1. The monoisotopic (exact) mass is 213 g/mol. The molecule has 1 rings (SSSR count). The summed E-state index contributed by atoms with van der Waals surface area (Å²) in [6.07, 6.45) is 2.78. The smallest absolute Gasteiger partial charge is 0.407 e. The maximum atomic E-state index is 11.2. The number of rotatable bonds is 6. The minimum atomic E-state index is -0.907. The van der Waals surface area contributed by atoms with Gasteiger partial charge >= 0.3 is 12.1 Å². The zero-order valence-electron chi connectivity index (χ0n) is 8.44. The Balaban J connectivity index is 2.33. The van der Waals surface area contributed by atoms with Crippen molar-refractivity contribution < 1.29 is 19.4 Å². The Morgan fingerprint density at radius 2 is 2.27 bits per heavy atom. The van der Waals surface area contributed by atoms with Crippen LogP contribution >= 0.6 is 0 Å². The van der Waals surface area contributed by atoms with Crippen LogP contribution in [0.5, 0.6) is 0 Å². The number of carboxylic acids is 1. The Bertz CT molecular complexity index is 260. The molecule has 0 aromatic heterocycles. The quantitative estimate of drug-likeness (QED) is 0.649. The van der Waals surface area contributed by atoms with E-state index in [1.165, 1.54) is 6.08 Å². The number of nitrogens with one attached hydrogen (secondary N) is 1. The second kappa shape index (κ2) is 5.38. The maximum absolute atomic E-state index is 11.2. The Labute approximate surface area is 88.1 Å². The van der Waals surface area contributed by atoms with Gasteiger partial charge in [-0.1, -0.05) is 12.7 Å². The molecule has 0 radical (unpaired) electrons. The molecule has 5 nitrogen and oxygen atoms in total. The van der Waals surface area contributed by atoms with E-state index in [0.717, 1.165) is 12.8 Å². The van der Waals surface area contributed by atoms with Crippen molar-refractivity contribution in [3.63, 3.8) is 0 Å². The van der Waals surface area contributed by atoms with E-state index in [4.69, 9.17) is 9.84 Å². The average Bonchev–Trinajstić information content (AvgIpc) is 2.96. The first kappa shape index (κ1) is 11.6. The third kappa shape index (κ3) is 4.49. The molecule has 1 aliphatic rings. The Morgan fingerprint density at radius 1 is 1.60 bits per heavy atom. The molecule has 0 aliphatic heterocycles. The largest absolute Gasteiger partial charge is 0.481 e. The maximum Gasteiger partial charge on any atom is 0.407 e. The van der Waals surface area contributed by atoms with Crippen LogP contribution in [0.3, 0.4) is 0 Å². The van der Waals surface area contributed by atoms with Crippen LogP contribution in [0, 0.1) is 5.92 Å². The van der Waals surface area contributed by atoms with Crippen molar-refractivity contribution >= 4 is 12.1 Å². The van der Waals surface area contributed by atoms with Gasteiger partial charge in [-0.3, -0.25) is 4.79 Å². The van der Waals surface area contributed by atoms with Crippen molar-refractivity contribution in [2.24, 2.45) is 5.92 Å². The molecule has 0 saturated heterocycles. The highest BCUT2D eigenvalue weighted by atomic mass is 16.5. The van der Waals surface area contributed by atoms with E-state index in [-0.39, 0.29) is 25.0 Å². The number of carbonyl (C=O) groups excluding carboxylic acids is 1. The Morgan fingerprint density at radius 3 is 2.73 bits per heavy atom. The summed E-state index contributed by atoms with van der Waals surface area (Å²) in [6.45, 7) is 3.54. The minimum Gasteiger partial charge on any atom is -0.481 e. The van der Waals surface area contributed by atoms with E-state index in [1.807, 2.05) is 0 Å². The van der Waals surface area contributed by atoms with E-state index in [2.05, 4.69) is 11.9 Å². The third-order valence-corrected chi connectivity index (χ3v) is 2.22. The van der Waals surface area contributed by atoms with Gasteiger partial charge in [0.25, 0.3) is 0 Å². The first-order valence-corrected chi connectivity index (χ1v) is 4.89. The number of carbonyl (C=O) groups is 2. The van der Waals surface area contributed by atoms with Gasteiger partial charge in [0.05, 0.1) is 6.42 Å². The van der Waals surface area contributed by atoms with Gasteiger partial charge in [0.2, 0.25) is 0 Å². The molecule has 0 bridgehead atoms. The van der Waals surface area contributed by atoms with Crippen molar-refractivity contribution in [2.45, 2.75) is 25.3 Å². The summed E-state index contributed by atoms with van der Waals surface area (Å²) in [5.41, 5.74) is 0. The van der Waals surface area contributed by atoms with Crippen LogP contribution < -0.4 is 5.32 Å². The molecule has 0 aromatic rings. The van der Waals surface area contributed by atoms with Gasteiger partial charge in [-0.25, -0.2) is 4.79 Å². The second-order valence-electron chi connectivity index (χ2n) is 3.57. The fourth-order valence-electron chi connectivity index (χ4n) is 1.35. The molecular formula is C10H15NO4. The topological polar surface area (TPSA) is 75.6 Å². The lowest BCUT2D eigenvalue weighted by Gasteiger charge is -2.15. The number of alkyl carbamates (subject to hydrolysis) is 1. The van der Waals surface area contributed by atoms with Crippen LogP contribution in [0.25, 0.3) is 0 Å². The standard InChI is InChI=1S/C10H15NO4/c1-2-5-15-10(14)11-8(6-9(12)13)7-3-4-7/h2,7-8H,1,3-6H2,(H,11,14)(H,12,13)/t8-/m1/s1. The molecule has 0 spiro atoms. The number of carboxylic acid groups (broad SMARTS) is 1. The van der Waals surface area contributed by atoms with E-state index in [9.17, 15) is 9.59 Å². The lowest BCUT2D eigenvalue weighted by molar-refractivity contribution is -0.137. The van der Waals surface area contributed by atoms with Crippen LogP contribution in [0.4, 0.5) is 4.79 Å². The van der Waals surface area contributed by atoms with Gasteiger partial charge < -0.3 is 15.2 Å². The molecule has 1 fully saturated rings. The van der Waals surface area contributed by atoms with Gasteiger partial charge in [-0.2, -0.15) is 0 Å². The van der Waals surface area contributed by atoms with E-state index < -0.39 is 12.1 Å². The SMILES string of the molecule is C=CCOC(=O)N[C@H](CC(=O)O)C1CC1. The van der Waals surface area contributed by atoms with Gasteiger partial charge in [-0.05, 0) is 18.8 Å². The van der Waals surface area contributed by atoms with Crippen molar-refractivity contribution in [1.29, 1.82) is 0 Å². The lowest BCUT2D eigenvalue weighted by Crippen LogP contribution is -2.38. The van der Waals surface area contributed by atoms with Crippen LogP contribution in [-0.4, -0.2) is 29.8 Å². The van der Waals surface area contributed by atoms with Crippen LogP contribution in [0.1, 0.15) is 19.3 Å². The predicted octanol–water partition coefficient (Wildman–Crippen LogP) is 1.15. The molecule has 0 unspecified atom stereocenters. The van der Waals surface area contributed by atoms with E-state index in [1.54, 1.807) is 0 Å². The summed E-state index contributed by atoms with van der Waals surface area (Å²) >= 11 is 0. The Kier molecular flexibility index (Phi) is 4.15. The number of hydrogen-bond acceptors (Lipinski definition) is 3. The van der Waals surface area contributed by atoms with Gasteiger partial charge in [-0.15, -0.1) is 0 Å². The van der Waals surface area contributed by atoms with Crippen molar-refractivity contribution in [3.05, 3.63) is 12.7 Å². The summed E-state index contributed by atoms with van der Waals surface area (Å²) in [4.78, 5) is 21.7. The first-order valence-electron chi connectivity index (χ1n) is 4.89. The number of aliphatic carboxylic acids is 1. The van der Waals surface area contributed by atoms with Crippen molar-refractivity contribution in [3.8, 4) is 0 Å². The van der Waals surface area contributed by atoms with Gasteiger partial charge in [0, 0.05) is 6.04 Å². The molecule has 1 aliphatic carbocycles. The molecular weight excluding hydrogens is 198 g/mol. The summed E-state index contributed by atoms with van der Waals surface area (Å²) in [7, 11) is 0. The molecule has 15 heavy (non-hydrogen) atoms. The zero-order valence-corrected chi connectivity index (χ0v) is 8.44. The second-order valence-corrected chi connectivity index (χ2v) is 3.57. The zero-order chi connectivity index (χ0) is 11.3. The molecule has 0 aromatic carbocycles. The van der Waals surface area contributed by atoms with Crippen molar-refractivity contribution in [1.82, 2.24) is 5.32 Å². The average molecular weight is 213 g/mol. The van der Waals surface area contributed by atoms with Crippen LogP contribution in [0.15, 0.2) is 12.7 Å². The highest BCUT2D eigenvalue weighted by molar-refractivity contribution is 5.71. The molecule has 84 valence electrons. The van der Waals surface area contributed by atoms with Crippen molar-refractivity contribution in [2.75, 3.05) is 6.61 Å². The number of ether oxygens (including phenoxy) is 1. The molecule has 1 amide bonds. The minimum absolute atomic E-state index is 0.0478. The Hall–Kier alpha value is -1.52. The van der Waals surface area contributed by atoms with Gasteiger partial charge in [0.1, 0.15) is 6.61 Å². The van der Waals surface area contributed by atoms with Gasteiger partial charge in [0.15, 0.2) is 0 Å². The highest BCUT2D eigenvalue weighted by Gasteiger charge is 2.33. The predicted molar refractivity (Wildman–Crippen MR) is 53.4 cm³/mol. The molecule has 1 atom stereocenters. The lowest BCUT2D eigenvalue weighted by atomic mass is 10.1. The molecule has 2 N–H and O–H groups in total. The first-order chi connectivity index (χ1) is 7.13. The summed E-state index contributed by atoms with van der Waals surface area (Å²) < 4.78 is 4.72. The molecule has 0 heterocycles. The number of hydrogen-bond donors (Lipinski definition) is 2. The normalized spacial score (nSPS) is 16.5. The third-order valence-electron chi connectivity index (χ3n) is 2.22. The fraction of sp³-hybridized carbons (Fsp3) is 0.600. The van der Waals surface area contributed by atoms with E-state index >= 15 is 0 Å². The summed E-state index contributed by atoms with van der Waals surface area (Å²) in [5.74, 6) is -0.617. The van der Waals surface area contributed by atoms with Crippen LogP contribution in [0.2, 0.25) is 0 Å². The molecule has 1 saturated carbocycles. The van der Waals surface area contributed by atoms with Crippen LogP contribution in [-0.2, 0) is 9.53 Å². The summed E-state index contributed by atoms with van der Waals surface area (Å²) in [6, 6.07) is -0.306. The molecule has 5 heteroatoms. The van der Waals surface area contributed by atoms with E-state index in [0.29, 0.717) is 0 Å². The fourth-order valence-corrected chi connectivity index (χ4v) is 1.35. The summed E-state index contributed by atoms with van der Waals surface area (Å²) in [5, 5.41) is 11.2. The highest BCUT2D eigenvalue weighted by Crippen LogP contribution is 2.34.